The van der Waals surface area contributed by atoms with Crippen molar-refractivity contribution in [3.63, 3.8) is 0 Å². The number of nitrogens with zero attached hydrogens (tertiary/aromatic N) is 3. The van der Waals surface area contributed by atoms with Gasteiger partial charge in [-0.1, -0.05) is 78.9 Å². The molecular formula is C25H23N3S2. The topological polar surface area (TPSA) is 29.6 Å². The molecule has 0 radical (unpaired) electrons. The summed E-state index contributed by atoms with van der Waals surface area (Å²) in [4.78, 5) is 6.78. The number of rotatable bonds is 7. The van der Waals surface area contributed by atoms with Crippen LogP contribution in [-0.4, -0.2) is 17.4 Å². The second kappa shape index (κ2) is 9.65. The van der Waals surface area contributed by atoms with E-state index in [1.54, 1.807) is 22.7 Å². The highest BCUT2D eigenvalue weighted by molar-refractivity contribution is 7.14. The van der Waals surface area contributed by atoms with E-state index >= 15 is 0 Å². The fourth-order valence-corrected chi connectivity index (χ4v) is 4.77. The van der Waals surface area contributed by atoms with Gasteiger partial charge < -0.3 is 0 Å². The Kier molecular flexibility index (Phi) is 6.52. The molecule has 0 bridgehead atoms. The maximum atomic E-state index is 4.94. The first-order valence-electron chi connectivity index (χ1n) is 9.76. The summed E-state index contributed by atoms with van der Waals surface area (Å²) in [7, 11) is 0. The van der Waals surface area contributed by atoms with E-state index in [0.29, 0.717) is 6.54 Å². The summed E-state index contributed by atoms with van der Waals surface area (Å²) < 4.78 is 1.96. The molecule has 0 aliphatic carbocycles. The molecule has 2 aromatic carbocycles. The minimum Gasteiger partial charge on any atom is -0.253 e. The molecule has 0 fully saturated rings. The van der Waals surface area contributed by atoms with Gasteiger partial charge >= 0.3 is 0 Å². The van der Waals surface area contributed by atoms with Crippen LogP contribution in [0.15, 0.2) is 106 Å². The lowest BCUT2D eigenvalue weighted by Gasteiger charge is -2.13. The maximum absolute atomic E-state index is 4.94. The van der Waals surface area contributed by atoms with Crippen LogP contribution in [0.4, 0.5) is 0 Å². The molecule has 4 rings (SSSR count). The van der Waals surface area contributed by atoms with Gasteiger partial charge in [0, 0.05) is 17.5 Å². The molecule has 0 atom stereocenters. The summed E-state index contributed by atoms with van der Waals surface area (Å²) in [5, 5.41) is 9.15. The van der Waals surface area contributed by atoms with Gasteiger partial charge in [0.15, 0.2) is 0 Å². The van der Waals surface area contributed by atoms with E-state index in [1.165, 1.54) is 16.0 Å². The van der Waals surface area contributed by atoms with Crippen LogP contribution in [0.5, 0.6) is 0 Å². The van der Waals surface area contributed by atoms with E-state index in [0.717, 1.165) is 16.1 Å². The zero-order chi connectivity index (χ0) is 20.8. The first kappa shape index (κ1) is 20.3. The minimum absolute atomic E-state index is 0.0602. The molecule has 0 saturated heterocycles. The van der Waals surface area contributed by atoms with E-state index in [4.69, 9.17) is 10.1 Å². The number of hydrogen-bond donors (Lipinski definition) is 0. The Morgan fingerprint density at radius 2 is 1.63 bits per heavy atom. The summed E-state index contributed by atoms with van der Waals surface area (Å²) in [5.41, 5.74) is 4.51. The fourth-order valence-electron chi connectivity index (χ4n) is 3.14. The molecule has 0 N–H and O–H groups in total. The van der Waals surface area contributed by atoms with Crippen molar-refractivity contribution in [1.82, 2.24) is 4.68 Å². The smallest absolute Gasteiger partial charge is 0.206 e. The maximum Gasteiger partial charge on any atom is 0.206 e. The highest BCUT2D eigenvalue weighted by atomic mass is 32.1. The molecule has 4 aromatic rings. The van der Waals surface area contributed by atoms with Crippen molar-refractivity contribution in [1.29, 1.82) is 0 Å². The third kappa shape index (κ3) is 4.75. The number of benzene rings is 2. The number of thiophene rings is 1. The van der Waals surface area contributed by atoms with E-state index in [1.807, 2.05) is 29.9 Å². The van der Waals surface area contributed by atoms with Crippen LogP contribution in [-0.2, 0) is 0 Å². The molecule has 30 heavy (non-hydrogen) atoms. The second-order valence-corrected chi connectivity index (χ2v) is 8.81. The lowest BCUT2D eigenvalue weighted by Crippen LogP contribution is -2.14. The van der Waals surface area contributed by atoms with E-state index < -0.39 is 0 Å². The van der Waals surface area contributed by atoms with Gasteiger partial charge in [0.05, 0.1) is 17.1 Å². The Morgan fingerprint density at radius 3 is 2.20 bits per heavy atom. The number of thiazole rings is 1. The Hall–Kier alpha value is -3.02. The molecule has 0 spiro atoms. The molecule has 0 amide bonds. The van der Waals surface area contributed by atoms with E-state index in [2.05, 4.69) is 78.0 Å². The second-order valence-electron chi connectivity index (χ2n) is 7.03. The molecule has 0 saturated carbocycles. The van der Waals surface area contributed by atoms with Crippen LogP contribution >= 0.6 is 22.7 Å². The first-order valence-corrected chi connectivity index (χ1v) is 11.5. The Morgan fingerprint density at radius 1 is 0.967 bits per heavy atom. The van der Waals surface area contributed by atoms with Gasteiger partial charge in [-0.15, -0.1) is 22.7 Å². The lowest BCUT2D eigenvalue weighted by atomic mass is 9.92. The molecule has 5 heteroatoms. The van der Waals surface area contributed by atoms with Gasteiger partial charge in [-0.2, -0.15) is 5.10 Å². The Bertz CT molecular complexity index is 1140. The standard InChI is InChI=1S/C25H23N3S2/c1-19(2)16-26-25-28(23(18-30-25)24-14-9-15-29-24)27-17-22(20-10-5-3-6-11-20)21-12-7-4-8-13-21/h3-15,17-18,22H,1,16H2,2H3/b26-25?,27-17+. The molecule has 3 nitrogen and oxygen atoms in total. The Labute approximate surface area is 185 Å². The largest absolute Gasteiger partial charge is 0.253 e. The van der Waals surface area contributed by atoms with Crippen molar-refractivity contribution in [3.8, 4) is 10.6 Å². The van der Waals surface area contributed by atoms with Gasteiger partial charge in [-0.25, -0.2) is 4.68 Å². The number of aromatic nitrogens is 1. The summed E-state index contributed by atoms with van der Waals surface area (Å²) in [6, 6.07) is 25.1. The predicted molar refractivity (Wildman–Crippen MR) is 129 cm³/mol. The normalized spacial score (nSPS) is 12.1. The van der Waals surface area contributed by atoms with Gasteiger partial charge in [0.1, 0.15) is 0 Å². The van der Waals surface area contributed by atoms with E-state index in [-0.39, 0.29) is 5.92 Å². The highest BCUT2D eigenvalue weighted by Gasteiger charge is 2.13. The van der Waals surface area contributed by atoms with Crippen LogP contribution in [0.2, 0.25) is 0 Å². The van der Waals surface area contributed by atoms with Crippen LogP contribution in [0.1, 0.15) is 24.0 Å². The molecule has 2 aromatic heterocycles. The SMILES string of the molecule is C=C(C)CN=c1scc(-c2cccs2)n1/N=C/C(c1ccccc1)c1ccccc1. The summed E-state index contributed by atoms with van der Waals surface area (Å²) in [6.45, 7) is 6.57. The fraction of sp³-hybridized carbons (Fsp3) is 0.120. The first-order chi connectivity index (χ1) is 14.7. The minimum atomic E-state index is 0.0602. The molecule has 0 unspecified atom stereocenters. The van der Waals surface area contributed by atoms with E-state index in [9.17, 15) is 0 Å². The van der Waals surface area contributed by atoms with Gasteiger partial charge in [0.25, 0.3) is 0 Å². The predicted octanol–water partition coefficient (Wildman–Crippen LogP) is 6.42. The molecule has 150 valence electrons. The lowest BCUT2D eigenvalue weighted by molar-refractivity contribution is 0.829. The summed E-state index contributed by atoms with van der Waals surface area (Å²) >= 11 is 3.32. The molecule has 2 heterocycles. The average molecular weight is 430 g/mol. The van der Waals surface area contributed by atoms with Crippen molar-refractivity contribution in [3.05, 3.63) is 112 Å². The summed E-state index contributed by atoms with van der Waals surface area (Å²) in [6.07, 6.45) is 2.02. The third-order valence-electron chi connectivity index (χ3n) is 4.59. The van der Waals surface area contributed by atoms with Gasteiger partial charge in [0.2, 0.25) is 4.80 Å². The van der Waals surface area contributed by atoms with Crippen LogP contribution in [0.3, 0.4) is 0 Å². The Balaban J connectivity index is 1.80. The highest BCUT2D eigenvalue weighted by Crippen LogP contribution is 2.26. The van der Waals surface area contributed by atoms with Crippen molar-refractivity contribution in [2.45, 2.75) is 12.8 Å². The van der Waals surface area contributed by atoms with Crippen molar-refractivity contribution in [2.24, 2.45) is 10.1 Å². The molecule has 0 aliphatic rings. The summed E-state index contributed by atoms with van der Waals surface area (Å²) in [5.74, 6) is 0.0602. The average Bonchev–Trinajstić information content (AvgIpc) is 3.44. The molecular weight excluding hydrogens is 406 g/mol. The monoisotopic (exact) mass is 429 g/mol. The zero-order valence-corrected chi connectivity index (χ0v) is 18.4. The van der Waals surface area contributed by atoms with Crippen LogP contribution in [0, 0.1) is 0 Å². The van der Waals surface area contributed by atoms with Crippen LogP contribution in [0.25, 0.3) is 10.6 Å². The van der Waals surface area contributed by atoms with Crippen molar-refractivity contribution in [2.75, 3.05) is 6.54 Å². The van der Waals surface area contributed by atoms with Gasteiger partial charge in [-0.3, -0.25) is 4.99 Å². The van der Waals surface area contributed by atoms with Crippen molar-refractivity contribution < 1.29 is 0 Å². The molecule has 0 aliphatic heterocycles. The number of hydrogen-bond acceptors (Lipinski definition) is 4. The van der Waals surface area contributed by atoms with Gasteiger partial charge in [-0.05, 0) is 29.5 Å². The van der Waals surface area contributed by atoms with Crippen LogP contribution < -0.4 is 4.80 Å². The quantitative estimate of drug-likeness (QED) is 0.240. The van der Waals surface area contributed by atoms with Crippen molar-refractivity contribution >= 4 is 28.9 Å². The third-order valence-corrected chi connectivity index (χ3v) is 6.34. The zero-order valence-electron chi connectivity index (χ0n) is 16.8.